The van der Waals surface area contributed by atoms with E-state index in [0.717, 1.165) is 0 Å². The third-order valence-electron chi connectivity index (χ3n) is 3.66. The molecule has 5 atom stereocenters. The highest BCUT2D eigenvalue weighted by molar-refractivity contribution is 5.87. The van der Waals surface area contributed by atoms with Crippen LogP contribution in [0, 0.1) is 11.8 Å². The van der Waals surface area contributed by atoms with Crippen LogP contribution in [-0.2, 0) is 19.0 Å². The second kappa shape index (κ2) is 3.79. The second-order valence-electron chi connectivity index (χ2n) is 5.27. The lowest BCUT2D eigenvalue weighted by molar-refractivity contribution is -0.155. The Bertz CT molecular complexity index is 299. The van der Waals surface area contributed by atoms with Crippen LogP contribution >= 0.6 is 0 Å². The van der Waals surface area contributed by atoms with Crippen LogP contribution in [0.2, 0.25) is 0 Å². The van der Waals surface area contributed by atoms with Crippen LogP contribution in [0.15, 0.2) is 0 Å². The Morgan fingerprint density at radius 1 is 1.25 bits per heavy atom. The number of ether oxygens (including phenoxy) is 3. The fraction of sp³-hybridized carbons (Fsp3) is 0.917. The average Bonchev–Trinajstić information content (AvgIpc) is 2.52. The molecule has 0 bridgehead atoms. The van der Waals surface area contributed by atoms with Crippen molar-refractivity contribution in [1.82, 2.24) is 0 Å². The SMILES string of the molecule is CO[C@@H]1[C@@H](C)[C@H]2OC(C)(C)O[C@H]2C(=O)[C@@H]1C. The van der Waals surface area contributed by atoms with E-state index in [0.29, 0.717) is 0 Å². The maximum absolute atomic E-state index is 12.1. The number of carbonyl (C=O) groups is 1. The number of fused-ring (bicyclic) bond motifs is 1. The van der Waals surface area contributed by atoms with Crippen LogP contribution in [0.3, 0.4) is 0 Å². The number of hydrogen-bond donors (Lipinski definition) is 0. The Hall–Kier alpha value is -0.450. The van der Waals surface area contributed by atoms with Crippen molar-refractivity contribution in [1.29, 1.82) is 0 Å². The summed E-state index contributed by atoms with van der Waals surface area (Å²) in [4.78, 5) is 12.1. The quantitative estimate of drug-likeness (QED) is 0.680. The highest BCUT2D eigenvalue weighted by Crippen LogP contribution is 2.40. The van der Waals surface area contributed by atoms with Gasteiger partial charge in [-0.3, -0.25) is 4.79 Å². The van der Waals surface area contributed by atoms with Gasteiger partial charge < -0.3 is 14.2 Å². The molecule has 0 spiro atoms. The summed E-state index contributed by atoms with van der Waals surface area (Å²) in [7, 11) is 1.65. The number of rotatable bonds is 1. The molecule has 1 saturated carbocycles. The normalized spacial score (nSPS) is 46.8. The van der Waals surface area contributed by atoms with Crippen molar-refractivity contribution in [2.75, 3.05) is 7.11 Å². The molecule has 2 fully saturated rings. The van der Waals surface area contributed by atoms with Gasteiger partial charge in [-0.05, 0) is 13.8 Å². The fourth-order valence-electron chi connectivity index (χ4n) is 2.88. The molecule has 4 nitrogen and oxygen atoms in total. The number of ketones is 1. The Labute approximate surface area is 96.2 Å². The predicted molar refractivity (Wildman–Crippen MR) is 58.0 cm³/mol. The van der Waals surface area contributed by atoms with Crippen LogP contribution in [0.1, 0.15) is 27.7 Å². The molecule has 0 N–H and O–H groups in total. The van der Waals surface area contributed by atoms with Crippen molar-refractivity contribution < 1.29 is 19.0 Å². The first-order valence-corrected chi connectivity index (χ1v) is 5.79. The summed E-state index contributed by atoms with van der Waals surface area (Å²) >= 11 is 0. The molecular formula is C12H20O4. The molecule has 16 heavy (non-hydrogen) atoms. The molecule has 4 heteroatoms. The minimum Gasteiger partial charge on any atom is -0.380 e. The van der Waals surface area contributed by atoms with E-state index in [4.69, 9.17) is 14.2 Å². The average molecular weight is 228 g/mol. The summed E-state index contributed by atoms with van der Waals surface area (Å²) < 4.78 is 16.9. The third-order valence-corrected chi connectivity index (χ3v) is 3.66. The maximum atomic E-state index is 12.1. The van der Waals surface area contributed by atoms with Crippen molar-refractivity contribution in [3.8, 4) is 0 Å². The minimum atomic E-state index is -0.665. The van der Waals surface area contributed by atoms with E-state index in [1.54, 1.807) is 7.11 Å². The van der Waals surface area contributed by atoms with Gasteiger partial charge in [-0.2, -0.15) is 0 Å². The van der Waals surface area contributed by atoms with E-state index in [9.17, 15) is 4.79 Å². The van der Waals surface area contributed by atoms with Crippen LogP contribution in [0.4, 0.5) is 0 Å². The van der Waals surface area contributed by atoms with Crippen molar-refractivity contribution in [3.63, 3.8) is 0 Å². The van der Waals surface area contributed by atoms with E-state index < -0.39 is 11.9 Å². The van der Waals surface area contributed by atoms with Crippen molar-refractivity contribution in [2.45, 2.75) is 51.8 Å². The van der Waals surface area contributed by atoms with E-state index in [2.05, 4.69) is 6.92 Å². The van der Waals surface area contributed by atoms with E-state index in [1.807, 2.05) is 20.8 Å². The first kappa shape index (κ1) is 12.0. The Balaban J connectivity index is 2.27. The number of Topliss-reactive ketones (excluding diaryl/α,β-unsaturated/α-hetero) is 1. The highest BCUT2D eigenvalue weighted by Gasteiger charge is 2.55. The van der Waals surface area contributed by atoms with Gasteiger partial charge in [0, 0.05) is 18.9 Å². The van der Waals surface area contributed by atoms with E-state index >= 15 is 0 Å². The van der Waals surface area contributed by atoms with Gasteiger partial charge in [0.25, 0.3) is 0 Å². The van der Waals surface area contributed by atoms with Gasteiger partial charge in [-0.15, -0.1) is 0 Å². The molecule has 2 rings (SSSR count). The van der Waals surface area contributed by atoms with Crippen molar-refractivity contribution >= 4 is 5.78 Å². The predicted octanol–water partition coefficient (Wildman–Crippen LogP) is 1.38. The Morgan fingerprint density at radius 2 is 1.88 bits per heavy atom. The van der Waals surface area contributed by atoms with Gasteiger partial charge in [0.1, 0.15) is 6.10 Å². The molecule has 1 aliphatic carbocycles. The zero-order chi connectivity index (χ0) is 12.1. The summed E-state index contributed by atoms with van der Waals surface area (Å²) in [5.74, 6) is -0.523. The van der Waals surface area contributed by atoms with E-state index in [1.165, 1.54) is 0 Å². The summed E-state index contributed by atoms with van der Waals surface area (Å²) in [5, 5.41) is 0. The summed E-state index contributed by atoms with van der Waals surface area (Å²) in [5.41, 5.74) is 0. The second-order valence-corrected chi connectivity index (χ2v) is 5.27. The fourth-order valence-corrected chi connectivity index (χ4v) is 2.88. The summed E-state index contributed by atoms with van der Waals surface area (Å²) in [6.07, 6.45) is -0.679. The molecule has 1 aliphatic heterocycles. The van der Waals surface area contributed by atoms with Gasteiger partial charge in [0.05, 0.1) is 12.2 Å². The number of methoxy groups -OCH3 is 1. The molecule has 0 aromatic heterocycles. The highest BCUT2D eigenvalue weighted by atomic mass is 16.8. The number of carbonyl (C=O) groups excluding carboxylic acids is 1. The van der Waals surface area contributed by atoms with Crippen LogP contribution in [-0.4, -0.2) is 37.0 Å². The summed E-state index contributed by atoms with van der Waals surface area (Å²) in [6, 6.07) is 0. The zero-order valence-electron chi connectivity index (χ0n) is 10.5. The molecule has 92 valence electrons. The lowest BCUT2D eigenvalue weighted by Crippen LogP contribution is -2.53. The standard InChI is InChI=1S/C12H20O4/c1-6-8(13)11-10(7(2)9(6)14-5)15-12(3,4)16-11/h6-7,9-11H,1-5H3/t6-,7+,9-,10+,11-/m0/s1. The largest absolute Gasteiger partial charge is 0.380 e. The topological polar surface area (TPSA) is 44.8 Å². The van der Waals surface area contributed by atoms with E-state index in [-0.39, 0.29) is 29.8 Å². The first-order chi connectivity index (χ1) is 7.37. The van der Waals surface area contributed by atoms with Gasteiger partial charge in [-0.25, -0.2) is 0 Å². The minimum absolute atomic E-state index is 0.0775. The summed E-state index contributed by atoms with van der Waals surface area (Å²) in [6.45, 7) is 7.65. The smallest absolute Gasteiger partial charge is 0.169 e. The maximum Gasteiger partial charge on any atom is 0.169 e. The molecule has 2 aliphatic rings. The molecular weight excluding hydrogens is 208 g/mol. The molecule has 0 radical (unpaired) electrons. The lowest BCUT2D eigenvalue weighted by Gasteiger charge is -2.38. The first-order valence-electron chi connectivity index (χ1n) is 5.79. The van der Waals surface area contributed by atoms with Crippen LogP contribution in [0.5, 0.6) is 0 Å². The molecule has 0 aromatic rings. The monoisotopic (exact) mass is 228 g/mol. The number of hydrogen-bond acceptors (Lipinski definition) is 4. The Morgan fingerprint density at radius 3 is 2.44 bits per heavy atom. The van der Waals surface area contributed by atoms with Gasteiger partial charge >= 0.3 is 0 Å². The van der Waals surface area contributed by atoms with Crippen molar-refractivity contribution in [2.24, 2.45) is 11.8 Å². The van der Waals surface area contributed by atoms with Gasteiger partial charge in [0.15, 0.2) is 11.6 Å². The van der Waals surface area contributed by atoms with Gasteiger partial charge in [-0.1, -0.05) is 13.8 Å². The molecule has 1 heterocycles. The lowest BCUT2D eigenvalue weighted by atomic mass is 9.76. The van der Waals surface area contributed by atoms with Crippen LogP contribution < -0.4 is 0 Å². The van der Waals surface area contributed by atoms with Crippen LogP contribution in [0.25, 0.3) is 0 Å². The zero-order valence-corrected chi connectivity index (χ0v) is 10.5. The molecule has 0 amide bonds. The third kappa shape index (κ3) is 1.69. The Kier molecular flexibility index (Phi) is 2.85. The molecule has 0 unspecified atom stereocenters. The molecule has 0 aromatic carbocycles. The van der Waals surface area contributed by atoms with Crippen molar-refractivity contribution in [3.05, 3.63) is 0 Å². The van der Waals surface area contributed by atoms with Gasteiger partial charge in [0.2, 0.25) is 0 Å². The molecule has 1 saturated heterocycles.